The molecule has 0 saturated carbocycles. The summed E-state index contributed by atoms with van der Waals surface area (Å²) in [5.41, 5.74) is 1.00. The van der Waals surface area contributed by atoms with Gasteiger partial charge < -0.3 is 4.74 Å². The normalized spacial score (nSPS) is 10.5. The topological polar surface area (TPSA) is 48.3 Å². The van der Waals surface area contributed by atoms with Crippen LogP contribution in [-0.4, -0.2) is 23.6 Å². The van der Waals surface area contributed by atoms with Crippen LogP contribution in [0.4, 0.5) is 4.79 Å². The van der Waals surface area contributed by atoms with Gasteiger partial charge in [-0.15, -0.1) is 0 Å². The number of carbonyl (C=O) groups excluding carboxylic acids is 2. The molecule has 0 aliphatic carbocycles. The van der Waals surface area contributed by atoms with Crippen LogP contribution in [0.1, 0.15) is 17.3 Å². The van der Waals surface area contributed by atoms with Crippen molar-refractivity contribution >= 4 is 34.9 Å². The van der Waals surface area contributed by atoms with Gasteiger partial charge in [-0.3, -0.25) is 9.36 Å². The molecule has 0 N–H and O–H groups in total. The van der Waals surface area contributed by atoms with Crippen LogP contribution in [-0.2, 0) is 4.74 Å². The van der Waals surface area contributed by atoms with E-state index >= 15 is 0 Å². The fraction of sp³-hybridized carbons (Fsp3) is 0.167. The molecule has 0 radical (unpaired) electrons. The maximum atomic E-state index is 11.7. The van der Waals surface area contributed by atoms with E-state index in [-0.39, 0.29) is 6.61 Å². The maximum Gasteiger partial charge on any atom is 0.418 e. The minimum atomic E-state index is -0.520. The number of benzene rings is 1. The van der Waals surface area contributed by atoms with Crippen molar-refractivity contribution in [2.24, 2.45) is 0 Å². The number of aldehydes is 1. The van der Waals surface area contributed by atoms with Gasteiger partial charge in [0.05, 0.1) is 12.1 Å². The van der Waals surface area contributed by atoms with Crippen molar-refractivity contribution in [1.29, 1.82) is 0 Å². The summed E-state index contributed by atoms with van der Waals surface area (Å²) in [5, 5.41) is 1.18. The molecular weight excluding hydrogens is 242 g/mol. The average Bonchev–Trinajstić information content (AvgIpc) is 2.67. The molecule has 0 bridgehead atoms. The number of fused-ring (bicyclic) bond motifs is 1. The molecule has 88 valence electrons. The summed E-state index contributed by atoms with van der Waals surface area (Å²) >= 11 is 5.87. The first-order chi connectivity index (χ1) is 8.17. The van der Waals surface area contributed by atoms with E-state index in [0.29, 0.717) is 27.8 Å². The van der Waals surface area contributed by atoms with E-state index < -0.39 is 6.09 Å². The number of aromatic nitrogens is 1. The number of carbonyl (C=O) groups is 2. The summed E-state index contributed by atoms with van der Waals surface area (Å²) in [6.07, 6.45) is 1.63. The van der Waals surface area contributed by atoms with Crippen LogP contribution in [0.2, 0.25) is 5.02 Å². The number of hydrogen-bond donors (Lipinski definition) is 0. The third-order valence-corrected chi connectivity index (χ3v) is 2.63. The standard InChI is InChI=1S/C12H10ClNO3/c1-2-17-12(16)14-6-8(7-15)10-4-3-9(13)5-11(10)14/h3-7H,2H2,1H3. The Balaban J connectivity index is 2.66. The van der Waals surface area contributed by atoms with Gasteiger partial charge in [0, 0.05) is 22.2 Å². The SMILES string of the molecule is CCOC(=O)n1cc(C=O)c2ccc(Cl)cc21. The quantitative estimate of drug-likeness (QED) is 0.771. The average molecular weight is 252 g/mol. The van der Waals surface area contributed by atoms with E-state index in [4.69, 9.17) is 16.3 Å². The predicted molar refractivity (Wildman–Crippen MR) is 64.8 cm³/mol. The molecule has 0 aliphatic heterocycles. The molecule has 0 unspecified atom stereocenters. The highest BCUT2D eigenvalue weighted by molar-refractivity contribution is 6.31. The van der Waals surface area contributed by atoms with Crippen LogP contribution in [0.3, 0.4) is 0 Å². The van der Waals surface area contributed by atoms with E-state index in [2.05, 4.69) is 0 Å². The Labute approximate surface area is 103 Å². The lowest BCUT2D eigenvalue weighted by atomic mass is 10.2. The third kappa shape index (κ3) is 2.03. The Hall–Kier alpha value is -1.81. The summed E-state index contributed by atoms with van der Waals surface area (Å²) in [4.78, 5) is 22.6. The first-order valence-corrected chi connectivity index (χ1v) is 5.48. The van der Waals surface area contributed by atoms with E-state index in [1.54, 1.807) is 25.1 Å². The maximum absolute atomic E-state index is 11.7. The zero-order valence-corrected chi connectivity index (χ0v) is 9.90. The first kappa shape index (κ1) is 11.7. The van der Waals surface area contributed by atoms with Crippen molar-refractivity contribution in [3.63, 3.8) is 0 Å². The molecule has 2 aromatic rings. The summed E-state index contributed by atoms with van der Waals surface area (Å²) in [6.45, 7) is 1.99. The molecule has 5 heteroatoms. The van der Waals surface area contributed by atoms with Gasteiger partial charge in [0.2, 0.25) is 0 Å². The minimum absolute atomic E-state index is 0.273. The number of hydrogen-bond acceptors (Lipinski definition) is 3. The Bertz CT molecular complexity index is 589. The van der Waals surface area contributed by atoms with Gasteiger partial charge in [-0.1, -0.05) is 17.7 Å². The van der Waals surface area contributed by atoms with Crippen LogP contribution in [0.25, 0.3) is 10.9 Å². The van der Waals surface area contributed by atoms with Crippen LogP contribution in [0.15, 0.2) is 24.4 Å². The second-order valence-electron chi connectivity index (χ2n) is 3.43. The molecule has 0 fully saturated rings. The highest BCUT2D eigenvalue weighted by atomic mass is 35.5. The first-order valence-electron chi connectivity index (χ1n) is 5.10. The van der Waals surface area contributed by atoms with Crippen molar-refractivity contribution in [2.45, 2.75) is 6.92 Å². The van der Waals surface area contributed by atoms with E-state index in [1.807, 2.05) is 0 Å². The van der Waals surface area contributed by atoms with Gasteiger partial charge in [0.1, 0.15) is 0 Å². The molecule has 1 heterocycles. The Morgan fingerprint density at radius 3 is 2.94 bits per heavy atom. The summed E-state index contributed by atoms with van der Waals surface area (Å²) in [6, 6.07) is 5.00. The Morgan fingerprint density at radius 2 is 2.29 bits per heavy atom. The number of ether oxygens (including phenoxy) is 1. The molecule has 0 spiro atoms. The Morgan fingerprint density at radius 1 is 1.53 bits per heavy atom. The van der Waals surface area contributed by atoms with Crippen LogP contribution >= 0.6 is 11.6 Å². The van der Waals surface area contributed by atoms with E-state index in [9.17, 15) is 9.59 Å². The van der Waals surface area contributed by atoms with E-state index in [0.717, 1.165) is 0 Å². The van der Waals surface area contributed by atoms with Gasteiger partial charge in [0.15, 0.2) is 6.29 Å². The lowest BCUT2D eigenvalue weighted by Crippen LogP contribution is -2.12. The van der Waals surface area contributed by atoms with Crippen molar-refractivity contribution in [1.82, 2.24) is 4.57 Å². The fourth-order valence-electron chi connectivity index (χ4n) is 1.66. The monoisotopic (exact) mass is 251 g/mol. The van der Waals surface area contributed by atoms with Crippen molar-refractivity contribution < 1.29 is 14.3 Å². The second kappa shape index (κ2) is 4.59. The molecule has 1 aromatic heterocycles. The molecule has 0 amide bonds. The zero-order chi connectivity index (χ0) is 12.4. The van der Waals surface area contributed by atoms with Crippen LogP contribution < -0.4 is 0 Å². The van der Waals surface area contributed by atoms with Crippen LogP contribution in [0.5, 0.6) is 0 Å². The number of halogens is 1. The van der Waals surface area contributed by atoms with Gasteiger partial charge in [-0.2, -0.15) is 0 Å². The summed E-state index contributed by atoms with van der Waals surface area (Å²) in [7, 11) is 0. The van der Waals surface area contributed by atoms with Crippen molar-refractivity contribution in [3.05, 3.63) is 35.0 Å². The predicted octanol–water partition coefficient (Wildman–Crippen LogP) is 3.11. The molecule has 4 nitrogen and oxygen atoms in total. The second-order valence-corrected chi connectivity index (χ2v) is 3.87. The van der Waals surface area contributed by atoms with Gasteiger partial charge in [0.25, 0.3) is 0 Å². The fourth-order valence-corrected chi connectivity index (χ4v) is 1.83. The summed E-state index contributed by atoms with van der Waals surface area (Å²) in [5.74, 6) is 0. The highest BCUT2D eigenvalue weighted by Gasteiger charge is 2.14. The summed E-state index contributed by atoms with van der Waals surface area (Å²) < 4.78 is 6.18. The molecule has 0 saturated heterocycles. The van der Waals surface area contributed by atoms with Gasteiger partial charge in [-0.05, 0) is 19.1 Å². The Kier molecular flexibility index (Phi) is 3.15. The van der Waals surface area contributed by atoms with Crippen molar-refractivity contribution in [2.75, 3.05) is 6.61 Å². The lowest BCUT2D eigenvalue weighted by molar-refractivity contribution is 0.112. The lowest BCUT2D eigenvalue weighted by Gasteiger charge is -2.03. The molecular formula is C12H10ClNO3. The molecule has 1 aromatic carbocycles. The van der Waals surface area contributed by atoms with Crippen LogP contribution in [0, 0.1) is 0 Å². The number of rotatable bonds is 2. The molecule has 0 atom stereocenters. The molecule has 2 rings (SSSR count). The smallest absolute Gasteiger partial charge is 0.418 e. The van der Waals surface area contributed by atoms with Gasteiger partial charge >= 0.3 is 6.09 Å². The van der Waals surface area contributed by atoms with Crippen molar-refractivity contribution in [3.8, 4) is 0 Å². The molecule has 0 aliphatic rings. The third-order valence-electron chi connectivity index (χ3n) is 2.39. The molecule has 17 heavy (non-hydrogen) atoms. The minimum Gasteiger partial charge on any atom is -0.449 e. The largest absolute Gasteiger partial charge is 0.449 e. The van der Waals surface area contributed by atoms with Gasteiger partial charge in [-0.25, -0.2) is 4.79 Å². The zero-order valence-electron chi connectivity index (χ0n) is 9.14. The highest BCUT2D eigenvalue weighted by Crippen LogP contribution is 2.24. The van der Waals surface area contributed by atoms with E-state index in [1.165, 1.54) is 10.8 Å². The number of nitrogens with zero attached hydrogens (tertiary/aromatic N) is 1.